The van der Waals surface area contributed by atoms with Gasteiger partial charge in [-0.15, -0.1) is 0 Å². The highest BCUT2D eigenvalue weighted by Gasteiger charge is 2.20. The van der Waals surface area contributed by atoms with Gasteiger partial charge in [-0.3, -0.25) is 0 Å². The number of aliphatic hydroxyl groups excluding tert-OH is 1. The van der Waals surface area contributed by atoms with Gasteiger partial charge in [0.25, 0.3) is 0 Å². The number of rotatable bonds is 8. The van der Waals surface area contributed by atoms with E-state index in [1.807, 2.05) is 48.5 Å². The molecule has 0 amide bonds. The molecule has 1 N–H and O–H groups in total. The first-order chi connectivity index (χ1) is 17.0. The number of carbonyl (C=O) groups excluding carboxylic acids is 1. The molecule has 0 fully saturated rings. The van der Waals surface area contributed by atoms with Crippen LogP contribution in [0.15, 0.2) is 115 Å². The average molecular weight is 481 g/mol. The lowest BCUT2D eigenvalue weighted by Gasteiger charge is -2.14. The maximum absolute atomic E-state index is 12.3. The highest BCUT2D eigenvalue weighted by Crippen LogP contribution is 2.24. The van der Waals surface area contributed by atoms with Gasteiger partial charge in [0, 0.05) is 5.02 Å². The van der Waals surface area contributed by atoms with Gasteiger partial charge in [0.05, 0.1) is 5.57 Å². The summed E-state index contributed by atoms with van der Waals surface area (Å²) in [5.74, 6) is -0.652. The molecule has 0 saturated heterocycles. The zero-order valence-corrected chi connectivity index (χ0v) is 19.9. The van der Waals surface area contributed by atoms with Crippen molar-refractivity contribution in [3.63, 3.8) is 0 Å². The van der Waals surface area contributed by atoms with Gasteiger partial charge in [-0.1, -0.05) is 121 Å². The quantitative estimate of drug-likeness (QED) is 0.161. The summed E-state index contributed by atoms with van der Waals surface area (Å²) in [5, 5.41) is 10.9. The van der Waals surface area contributed by atoms with Crippen molar-refractivity contribution in [2.24, 2.45) is 0 Å². The lowest BCUT2D eigenvalue weighted by atomic mass is 10.0. The van der Waals surface area contributed by atoms with E-state index in [4.69, 9.17) is 16.3 Å². The molecule has 0 saturated carbocycles. The molecule has 1 unspecified atom stereocenters. The largest absolute Gasteiger partial charge is 0.457 e. The summed E-state index contributed by atoms with van der Waals surface area (Å²) in [5.41, 5.74) is 5.82. The van der Waals surface area contributed by atoms with E-state index in [0.29, 0.717) is 10.6 Å². The molecular weight excluding hydrogens is 456 g/mol. The summed E-state index contributed by atoms with van der Waals surface area (Å²) in [6.07, 6.45) is 2.93. The van der Waals surface area contributed by atoms with E-state index in [1.54, 1.807) is 24.3 Å². The highest BCUT2D eigenvalue weighted by atomic mass is 35.5. The van der Waals surface area contributed by atoms with Gasteiger partial charge < -0.3 is 9.84 Å². The Balaban J connectivity index is 1.30. The number of benzene rings is 4. The smallest absolute Gasteiger partial charge is 0.336 e. The number of ether oxygens (including phenoxy) is 1. The van der Waals surface area contributed by atoms with Crippen LogP contribution in [-0.2, 0) is 16.1 Å². The Morgan fingerprint density at radius 2 is 1.43 bits per heavy atom. The van der Waals surface area contributed by atoms with Crippen molar-refractivity contribution in [2.75, 3.05) is 0 Å². The minimum atomic E-state index is -1.17. The molecule has 4 aromatic rings. The van der Waals surface area contributed by atoms with Crippen LogP contribution >= 0.6 is 11.6 Å². The van der Waals surface area contributed by atoms with Crippen molar-refractivity contribution in [1.82, 2.24) is 0 Å². The zero-order valence-electron chi connectivity index (χ0n) is 19.1. The molecule has 3 nitrogen and oxygen atoms in total. The van der Waals surface area contributed by atoms with Crippen LogP contribution in [0.2, 0.25) is 5.02 Å². The summed E-state index contributed by atoms with van der Waals surface area (Å²) in [4.78, 5) is 12.3. The molecule has 4 aromatic carbocycles. The van der Waals surface area contributed by atoms with Gasteiger partial charge in [0.15, 0.2) is 0 Å². The molecule has 35 heavy (non-hydrogen) atoms. The van der Waals surface area contributed by atoms with Gasteiger partial charge in [-0.2, -0.15) is 0 Å². The third-order valence-electron chi connectivity index (χ3n) is 5.59. The predicted molar refractivity (Wildman–Crippen MR) is 143 cm³/mol. The summed E-state index contributed by atoms with van der Waals surface area (Å²) < 4.78 is 5.33. The molecule has 0 bridgehead atoms. The minimum absolute atomic E-state index is 0.0369. The lowest BCUT2D eigenvalue weighted by molar-refractivity contribution is -0.141. The third-order valence-corrected chi connectivity index (χ3v) is 5.83. The first-order valence-electron chi connectivity index (χ1n) is 11.2. The van der Waals surface area contributed by atoms with Gasteiger partial charge in [0.1, 0.15) is 12.7 Å². The monoisotopic (exact) mass is 480 g/mol. The molecular formula is C31H25ClO3. The van der Waals surface area contributed by atoms with E-state index in [0.717, 1.165) is 16.7 Å². The van der Waals surface area contributed by atoms with Crippen LogP contribution in [-0.4, -0.2) is 11.1 Å². The van der Waals surface area contributed by atoms with Crippen molar-refractivity contribution in [3.8, 4) is 11.1 Å². The fourth-order valence-corrected chi connectivity index (χ4v) is 3.76. The molecule has 0 radical (unpaired) electrons. The first-order valence-corrected chi connectivity index (χ1v) is 11.6. The van der Waals surface area contributed by atoms with Crippen LogP contribution in [0.4, 0.5) is 0 Å². The lowest BCUT2D eigenvalue weighted by Crippen LogP contribution is -2.13. The second kappa shape index (κ2) is 11.5. The van der Waals surface area contributed by atoms with E-state index in [9.17, 15) is 9.90 Å². The second-order valence-electron chi connectivity index (χ2n) is 8.12. The van der Waals surface area contributed by atoms with Crippen LogP contribution in [0, 0.1) is 0 Å². The fourth-order valence-electron chi connectivity index (χ4n) is 3.57. The second-order valence-corrected chi connectivity index (χ2v) is 8.56. The van der Waals surface area contributed by atoms with Crippen LogP contribution < -0.4 is 0 Å². The van der Waals surface area contributed by atoms with Gasteiger partial charge >= 0.3 is 5.97 Å². The Morgan fingerprint density at radius 1 is 0.829 bits per heavy atom. The molecule has 1 atom stereocenters. The SMILES string of the molecule is C=C(C(=O)OCc1ccc(/C=C\c2ccc(-c3ccccc3)cc2)cc1)C(O)c1cccc(Cl)c1. The summed E-state index contributed by atoms with van der Waals surface area (Å²) in [6.45, 7) is 3.77. The van der Waals surface area contributed by atoms with Crippen LogP contribution in [0.5, 0.6) is 0 Å². The molecule has 174 valence electrons. The molecule has 0 aromatic heterocycles. The Hall–Kier alpha value is -3.92. The number of hydrogen-bond acceptors (Lipinski definition) is 3. The van der Waals surface area contributed by atoms with Crippen molar-refractivity contribution >= 4 is 29.7 Å². The van der Waals surface area contributed by atoms with Gasteiger partial charge in [-0.25, -0.2) is 4.79 Å². The molecule has 0 aliphatic carbocycles. The highest BCUT2D eigenvalue weighted by molar-refractivity contribution is 6.30. The average Bonchev–Trinajstić information content (AvgIpc) is 2.91. The Morgan fingerprint density at radius 3 is 2.06 bits per heavy atom. The van der Waals surface area contributed by atoms with Crippen molar-refractivity contribution in [1.29, 1.82) is 0 Å². The van der Waals surface area contributed by atoms with Crippen LogP contribution in [0.25, 0.3) is 23.3 Å². The Bertz CT molecular complexity index is 1320. The minimum Gasteiger partial charge on any atom is -0.457 e. The number of halogens is 1. The molecule has 0 heterocycles. The molecule has 4 heteroatoms. The van der Waals surface area contributed by atoms with Crippen molar-refractivity contribution in [3.05, 3.63) is 143 Å². The van der Waals surface area contributed by atoms with Gasteiger partial charge in [0.2, 0.25) is 0 Å². The standard InChI is InChI=1S/C31H25ClO3/c1-22(30(33)28-8-5-9-29(32)20-28)31(34)35-21-25-14-12-23(13-15-25)10-11-24-16-18-27(19-17-24)26-6-3-2-4-7-26/h2-20,30,33H,1,21H2/b11-10-. The van der Waals surface area contributed by atoms with Crippen molar-refractivity contribution in [2.45, 2.75) is 12.7 Å². The van der Waals surface area contributed by atoms with Crippen LogP contribution in [0.1, 0.15) is 28.4 Å². The maximum atomic E-state index is 12.3. The maximum Gasteiger partial charge on any atom is 0.336 e. The Kier molecular flexibility index (Phi) is 7.94. The van der Waals surface area contributed by atoms with E-state index < -0.39 is 12.1 Å². The third kappa shape index (κ3) is 6.57. The van der Waals surface area contributed by atoms with Gasteiger partial charge in [-0.05, 0) is 45.5 Å². The topological polar surface area (TPSA) is 46.5 Å². The summed E-state index contributed by atoms with van der Waals surface area (Å²) in [7, 11) is 0. The molecule has 0 aliphatic rings. The van der Waals surface area contributed by atoms with Crippen molar-refractivity contribution < 1.29 is 14.6 Å². The Labute approximate surface area is 210 Å². The van der Waals surface area contributed by atoms with E-state index in [1.165, 1.54) is 11.1 Å². The fraction of sp³-hybridized carbons (Fsp3) is 0.0645. The van der Waals surface area contributed by atoms with E-state index >= 15 is 0 Å². The van der Waals surface area contributed by atoms with E-state index in [2.05, 4.69) is 49.1 Å². The zero-order chi connectivity index (χ0) is 24.6. The number of aliphatic hydroxyl groups is 1. The first kappa shape index (κ1) is 24.2. The summed E-state index contributed by atoms with van der Waals surface area (Å²) >= 11 is 5.95. The normalized spacial score (nSPS) is 11.8. The predicted octanol–water partition coefficient (Wildman–Crippen LogP) is 7.51. The van der Waals surface area contributed by atoms with Crippen LogP contribution in [0.3, 0.4) is 0 Å². The van der Waals surface area contributed by atoms with E-state index in [-0.39, 0.29) is 12.2 Å². The molecule has 4 rings (SSSR count). The number of esters is 1. The number of carbonyl (C=O) groups is 1. The molecule has 0 aliphatic heterocycles. The number of hydrogen-bond donors (Lipinski definition) is 1. The summed E-state index contributed by atoms with van der Waals surface area (Å²) in [6, 6.07) is 33.1. The molecule has 0 spiro atoms.